The molecule has 0 radical (unpaired) electrons. The highest BCUT2D eigenvalue weighted by molar-refractivity contribution is 5.88. The van der Waals surface area contributed by atoms with Crippen molar-refractivity contribution >= 4 is 22.8 Å². The molecule has 0 bridgehead atoms. The molecule has 2 N–H and O–H groups in total. The number of carbonyl (C=O) groups is 2. The first-order chi connectivity index (χ1) is 26.7. The van der Waals surface area contributed by atoms with E-state index in [0.29, 0.717) is 44.2 Å². The van der Waals surface area contributed by atoms with Crippen molar-refractivity contribution in [2.24, 2.45) is 11.3 Å². The number of benzene rings is 2. The quantitative estimate of drug-likeness (QED) is 0.191. The van der Waals surface area contributed by atoms with E-state index in [1.165, 1.54) is 14.7 Å². The molecule has 2 aromatic heterocycles. The Morgan fingerprint density at radius 1 is 0.929 bits per heavy atom. The molecule has 4 aromatic rings. The summed E-state index contributed by atoms with van der Waals surface area (Å²) in [7, 11) is 2.17. The lowest BCUT2D eigenvalue weighted by Gasteiger charge is -2.32. The molecule has 6 rings (SSSR count). The van der Waals surface area contributed by atoms with Gasteiger partial charge in [-0.1, -0.05) is 71.0 Å². The first-order valence-corrected chi connectivity index (χ1v) is 20.2. The molecule has 300 valence electrons. The molecule has 11 nitrogen and oxygen atoms in total. The highest BCUT2D eigenvalue weighted by Crippen LogP contribution is 2.29. The van der Waals surface area contributed by atoms with Gasteiger partial charge < -0.3 is 15.5 Å². The van der Waals surface area contributed by atoms with Crippen LogP contribution in [0, 0.1) is 17.2 Å². The summed E-state index contributed by atoms with van der Waals surface area (Å²) in [6, 6.07) is 15.9. The minimum atomic E-state index is -0.668. The van der Waals surface area contributed by atoms with E-state index in [9.17, 15) is 23.6 Å². The summed E-state index contributed by atoms with van der Waals surface area (Å²) in [5.74, 6) is -1.16. The molecule has 2 aromatic carbocycles. The Hall–Kier alpha value is -4.68. The van der Waals surface area contributed by atoms with Gasteiger partial charge in [-0.3, -0.25) is 23.9 Å². The van der Waals surface area contributed by atoms with Crippen molar-refractivity contribution in [2.75, 3.05) is 33.2 Å². The standard InChI is InChI=1S/C44H58FN7O4/c1-29(2)39(48-38(53)19-20-44(3,4)5)41(54)47-34-15-17-35(18-16-34)52-42(55)37-26-33(45)27-46-40(37)51(43(52)56)36-10-7-9-32(25-36)31-13-11-30(12-14-31)28-50-22-8-21-49(6)23-24-50/h7,9-14,25-27,29,34-35,39H,8,15-24,28H2,1-6H3,(H,47,54)(H,48,53)/t34-,35+,39-/m0/s1. The lowest BCUT2D eigenvalue weighted by atomic mass is 9.90. The van der Waals surface area contributed by atoms with Crippen LogP contribution in [-0.2, 0) is 16.1 Å². The number of carbonyl (C=O) groups excluding carboxylic acids is 2. The third-order valence-electron chi connectivity index (χ3n) is 11.3. The number of fused-ring (bicyclic) bond motifs is 1. The summed E-state index contributed by atoms with van der Waals surface area (Å²) in [6.07, 6.45) is 5.22. The van der Waals surface area contributed by atoms with Gasteiger partial charge in [0.25, 0.3) is 5.56 Å². The second-order valence-electron chi connectivity index (χ2n) is 17.4. The van der Waals surface area contributed by atoms with Crippen molar-refractivity contribution < 1.29 is 14.0 Å². The van der Waals surface area contributed by atoms with Crippen LogP contribution >= 0.6 is 0 Å². The van der Waals surface area contributed by atoms with Gasteiger partial charge in [-0.05, 0) is 105 Å². The molecule has 1 saturated carbocycles. The van der Waals surface area contributed by atoms with Gasteiger partial charge in [-0.25, -0.2) is 18.7 Å². The summed E-state index contributed by atoms with van der Waals surface area (Å²) in [5.41, 5.74) is 2.62. The number of halogens is 1. The fourth-order valence-electron chi connectivity index (χ4n) is 7.92. The molecule has 56 heavy (non-hydrogen) atoms. The zero-order valence-electron chi connectivity index (χ0n) is 33.8. The Labute approximate surface area is 329 Å². The molecule has 12 heteroatoms. The Morgan fingerprint density at radius 2 is 1.66 bits per heavy atom. The van der Waals surface area contributed by atoms with Crippen LogP contribution in [0.15, 0.2) is 70.4 Å². The maximum Gasteiger partial charge on any atom is 0.337 e. The molecule has 2 amide bonds. The van der Waals surface area contributed by atoms with E-state index in [1.807, 2.05) is 32.0 Å². The Morgan fingerprint density at radius 3 is 2.36 bits per heavy atom. The van der Waals surface area contributed by atoms with Crippen LogP contribution in [-0.4, -0.2) is 81.0 Å². The molecular formula is C44H58FN7O4. The van der Waals surface area contributed by atoms with E-state index in [-0.39, 0.29) is 40.2 Å². The van der Waals surface area contributed by atoms with Gasteiger partial charge in [0.2, 0.25) is 11.8 Å². The Bertz CT molecular complexity index is 2130. The lowest BCUT2D eigenvalue weighted by molar-refractivity contribution is -0.130. The number of nitrogens with one attached hydrogen (secondary N) is 2. The molecule has 1 saturated heterocycles. The highest BCUT2D eigenvalue weighted by atomic mass is 19.1. The third-order valence-corrected chi connectivity index (χ3v) is 11.3. The maximum atomic E-state index is 14.6. The van der Waals surface area contributed by atoms with Gasteiger partial charge in [0.15, 0.2) is 5.65 Å². The van der Waals surface area contributed by atoms with Crippen molar-refractivity contribution in [2.45, 2.75) is 104 Å². The van der Waals surface area contributed by atoms with Crippen LogP contribution in [0.2, 0.25) is 0 Å². The second kappa shape index (κ2) is 17.6. The van der Waals surface area contributed by atoms with E-state index in [0.717, 1.165) is 62.5 Å². The predicted molar refractivity (Wildman–Crippen MR) is 219 cm³/mol. The fourth-order valence-corrected chi connectivity index (χ4v) is 7.92. The first-order valence-electron chi connectivity index (χ1n) is 20.2. The monoisotopic (exact) mass is 767 g/mol. The minimum absolute atomic E-state index is 0.00762. The molecule has 1 aliphatic carbocycles. The van der Waals surface area contributed by atoms with Crippen LogP contribution in [0.25, 0.3) is 27.8 Å². The average molecular weight is 768 g/mol. The van der Waals surface area contributed by atoms with Crippen LogP contribution < -0.4 is 21.9 Å². The van der Waals surface area contributed by atoms with Gasteiger partial charge >= 0.3 is 5.69 Å². The van der Waals surface area contributed by atoms with Gasteiger partial charge in [0.1, 0.15) is 11.9 Å². The zero-order valence-corrected chi connectivity index (χ0v) is 33.8. The van der Waals surface area contributed by atoms with Gasteiger partial charge in [-0.2, -0.15) is 0 Å². The van der Waals surface area contributed by atoms with Crippen molar-refractivity contribution in [1.29, 1.82) is 0 Å². The number of rotatable bonds is 11. The summed E-state index contributed by atoms with van der Waals surface area (Å²) < 4.78 is 17.3. The van der Waals surface area contributed by atoms with E-state index in [4.69, 9.17) is 0 Å². The first kappa shape index (κ1) is 41.0. The number of hydrogen-bond donors (Lipinski definition) is 2. The highest BCUT2D eigenvalue weighted by Gasteiger charge is 2.31. The summed E-state index contributed by atoms with van der Waals surface area (Å²) in [4.78, 5) is 63.6. The fraction of sp³-hybridized carbons (Fsp3) is 0.523. The molecule has 1 atom stereocenters. The van der Waals surface area contributed by atoms with E-state index in [1.54, 1.807) is 6.07 Å². The maximum absolute atomic E-state index is 14.6. The van der Waals surface area contributed by atoms with E-state index < -0.39 is 29.1 Å². The third kappa shape index (κ3) is 10.00. The molecule has 0 spiro atoms. The van der Waals surface area contributed by atoms with Crippen LogP contribution in [0.1, 0.15) is 91.2 Å². The molecular weight excluding hydrogens is 710 g/mol. The number of amides is 2. The van der Waals surface area contributed by atoms with Crippen molar-refractivity contribution in [3.8, 4) is 16.8 Å². The molecule has 1 aliphatic heterocycles. The molecule has 2 aliphatic rings. The predicted octanol–water partition coefficient (Wildman–Crippen LogP) is 6.06. The summed E-state index contributed by atoms with van der Waals surface area (Å²) >= 11 is 0. The molecule has 3 heterocycles. The number of nitrogens with zero attached hydrogens (tertiary/aromatic N) is 5. The SMILES string of the molecule is CC(C)[C@H](NC(=O)CCC(C)(C)C)C(=O)N[C@H]1CC[C@@H](n2c(=O)c3cc(F)cnc3n(-c3cccc(-c4ccc(CN5CCCN(C)CC5)cc4)c3)c2=O)CC1. The Balaban J connectivity index is 1.20. The van der Waals surface area contributed by atoms with Crippen LogP contribution in [0.5, 0.6) is 0 Å². The number of pyridine rings is 1. The number of aromatic nitrogens is 3. The average Bonchev–Trinajstić information content (AvgIpc) is 3.37. The smallest absolute Gasteiger partial charge is 0.337 e. The van der Waals surface area contributed by atoms with Crippen molar-refractivity contribution in [1.82, 2.24) is 34.6 Å². The van der Waals surface area contributed by atoms with Gasteiger partial charge in [-0.15, -0.1) is 0 Å². The minimum Gasteiger partial charge on any atom is -0.352 e. The Kier molecular flexibility index (Phi) is 12.9. The van der Waals surface area contributed by atoms with Crippen molar-refractivity contribution in [3.63, 3.8) is 0 Å². The second-order valence-corrected chi connectivity index (χ2v) is 17.4. The van der Waals surface area contributed by atoms with E-state index >= 15 is 0 Å². The summed E-state index contributed by atoms with van der Waals surface area (Å²) in [6.45, 7) is 15.2. The normalized spacial score (nSPS) is 19.1. The van der Waals surface area contributed by atoms with Crippen LogP contribution in [0.4, 0.5) is 4.39 Å². The molecule has 0 unspecified atom stereocenters. The van der Waals surface area contributed by atoms with Crippen molar-refractivity contribution in [3.05, 3.63) is 93.0 Å². The molecule has 2 fully saturated rings. The number of hydrogen-bond acceptors (Lipinski definition) is 7. The van der Waals surface area contributed by atoms with Gasteiger partial charge in [0, 0.05) is 38.1 Å². The topological polar surface area (TPSA) is 122 Å². The van der Waals surface area contributed by atoms with Crippen LogP contribution in [0.3, 0.4) is 0 Å². The lowest BCUT2D eigenvalue weighted by Crippen LogP contribution is -2.53. The summed E-state index contributed by atoms with van der Waals surface area (Å²) in [5, 5.41) is 6.07. The van der Waals surface area contributed by atoms with Gasteiger partial charge in [0.05, 0.1) is 17.3 Å². The zero-order chi connectivity index (χ0) is 40.1. The largest absolute Gasteiger partial charge is 0.352 e. The number of likely N-dealkylation sites (N-methyl/N-ethyl adjacent to an activating group) is 1. The van der Waals surface area contributed by atoms with E-state index in [2.05, 4.69) is 77.5 Å².